The normalized spacial score (nSPS) is 11.5. The summed E-state index contributed by atoms with van der Waals surface area (Å²) in [7, 11) is -3.78. The smallest absolute Gasteiger partial charge is 0.216 e. The predicted molar refractivity (Wildman–Crippen MR) is 103 cm³/mol. The molecule has 6 heteroatoms. The summed E-state index contributed by atoms with van der Waals surface area (Å²) < 4.78 is 39.0. The van der Waals surface area contributed by atoms with Crippen LogP contribution in [0.15, 0.2) is 70.5 Å². The quantitative estimate of drug-likeness (QED) is 0.655. The van der Waals surface area contributed by atoms with Gasteiger partial charge in [-0.3, -0.25) is 4.79 Å². The zero-order valence-corrected chi connectivity index (χ0v) is 15.7. The summed E-state index contributed by atoms with van der Waals surface area (Å²) >= 11 is 0. The third kappa shape index (κ3) is 4.34. The molecular formula is C21H20FNO3S. The van der Waals surface area contributed by atoms with Crippen LogP contribution in [-0.4, -0.2) is 20.9 Å². The zero-order valence-electron chi connectivity index (χ0n) is 14.9. The van der Waals surface area contributed by atoms with Gasteiger partial charge in [-0.05, 0) is 59.5 Å². The molecule has 0 aliphatic heterocycles. The molecule has 4 nitrogen and oxygen atoms in total. The fourth-order valence-electron chi connectivity index (χ4n) is 3.03. The number of benzene rings is 3. The number of carbonyl (C=O) groups is 1. The third-order valence-corrected chi connectivity index (χ3v) is 6.10. The number of amides is 1. The van der Waals surface area contributed by atoms with E-state index in [9.17, 15) is 17.6 Å². The summed E-state index contributed by atoms with van der Waals surface area (Å²) in [6.45, 7) is 2.08. The Morgan fingerprint density at radius 3 is 2.48 bits per heavy atom. The van der Waals surface area contributed by atoms with Gasteiger partial charge in [-0.25, -0.2) is 12.8 Å². The van der Waals surface area contributed by atoms with Crippen molar-refractivity contribution in [2.45, 2.75) is 29.6 Å². The van der Waals surface area contributed by atoms with Crippen LogP contribution in [0.5, 0.6) is 0 Å². The maximum Gasteiger partial charge on any atom is 0.216 e. The van der Waals surface area contributed by atoms with Crippen molar-refractivity contribution < 1.29 is 17.6 Å². The third-order valence-electron chi connectivity index (χ3n) is 4.36. The molecule has 0 heterocycles. The van der Waals surface area contributed by atoms with Gasteiger partial charge < -0.3 is 5.32 Å². The average molecular weight is 385 g/mol. The summed E-state index contributed by atoms with van der Waals surface area (Å²) in [5.41, 5.74) is 1.09. The van der Waals surface area contributed by atoms with Gasteiger partial charge in [0.2, 0.25) is 15.7 Å². The van der Waals surface area contributed by atoms with Gasteiger partial charge in [-0.15, -0.1) is 0 Å². The molecule has 0 fully saturated rings. The van der Waals surface area contributed by atoms with E-state index < -0.39 is 15.7 Å². The molecule has 27 heavy (non-hydrogen) atoms. The number of rotatable bonds is 6. The van der Waals surface area contributed by atoms with E-state index in [1.807, 2.05) is 18.2 Å². The van der Waals surface area contributed by atoms with Crippen LogP contribution < -0.4 is 5.32 Å². The molecular weight excluding hydrogens is 365 g/mol. The van der Waals surface area contributed by atoms with Crippen LogP contribution in [0.4, 0.5) is 4.39 Å². The Bertz CT molecular complexity index is 1090. The van der Waals surface area contributed by atoms with E-state index in [0.717, 1.165) is 35.2 Å². The molecule has 0 saturated carbocycles. The lowest BCUT2D eigenvalue weighted by molar-refractivity contribution is -0.118. The Balaban J connectivity index is 1.91. The molecule has 0 spiro atoms. The highest BCUT2D eigenvalue weighted by atomic mass is 32.2. The number of halogens is 1. The summed E-state index contributed by atoms with van der Waals surface area (Å²) in [4.78, 5) is 11.0. The maximum atomic E-state index is 13.4. The number of aryl methyl sites for hydroxylation is 1. The van der Waals surface area contributed by atoms with E-state index in [0.29, 0.717) is 6.54 Å². The molecule has 0 atom stereocenters. The molecule has 3 aromatic rings. The van der Waals surface area contributed by atoms with E-state index in [4.69, 9.17) is 0 Å². The monoisotopic (exact) mass is 385 g/mol. The van der Waals surface area contributed by atoms with Crippen LogP contribution in [0.25, 0.3) is 10.8 Å². The second kappa shape index (κ2) is 7.88. The Hall–Kier alpha value is -2.73. The first kappa shape index (κ1) is 19.0. The largest absolute Gasteiger partial charge is 0.356 e. The van der Waals surface area contributed by atoms with E-state index >= 15 is 0 Å². The fraction of sp³-hybridized carbons (Fsp3) is 0.190. The van der Waals surface area contributed by atoms with E-state index in [1.165, 1.54) is 25.1 Å². The minimum Gasteiger partial charge on any atom is -0.356 e. The van der Waals surface area contributed by atoms with Crippen LogP contribution in [0, 0.1) is 5.82 Å². The van der Waals surface area contributed by atoms with Crippen molar-refractivity contribution in [2.24, 2.45) is 0 Å². The number of hydrogen-bond acceptors (Lipinski definition) is 3. The molecule has 1 N–H and O–H groups in total. The zero-order chi connectivity index (χ0) is 19.4. The summed E-state index contributed by atoms with van der Waals surface area (Å²) in [6, 6.07) is 15.7. The van der Waals surface area contributed by atoms with Gasteiger partial charge >= 0.3 is 0 Å². The lowest BCUT2D eigenvalue weighted by atomic mass is 10.0. The van der Waals surface area contributed by atoms with Crippen LogP contribution in [0.1, 0.15) is 18.9 Å². The second-order valence-electron chi connectivity index (χ2n) is 6.35. The minimum atomic E-state index is -3.78. The van der Waals surface area contributed by atoms with Gasteiger partial charge in [0.15, 0.2) is 0 Å². The van der Waals surface area contributed by atoms with Gasteiger partial charge in [0.1, 0.15) is 5.82 Å². The molecule has 140 valence electrons. The van der Waals surface area contributed by atoms with E-state index in [-0.39, 0.29) is 15.7 Å². The molecule has 0 saturated heterocycles. The van der Waals surface area contributed by atoms with Crippen LogP contribution in [0.2, 0.25) is 0 Å². The van der Waals surface area contributed by atoms with E-state index in [1.54, 1.807) is 18.2 Å². The van der Waals surface area contributed by atoms with Crippen molar-refractivity contribution >= 4 is 26.5 Å². The van der Waals surface area contributed by atoms with Crippen molar-refractivity contribution in [2.75, 3.05) is 6.54 Å². The Morgan fingerprint density at radius 2 is 1.74 bits per heavy atom. The standard InChI is InChI=1S/C21H20FNO3S/c1-15(24)23-12-4-7-16-5-2-6-17-13-20(10-11-21(16)17)27(25,26)19-9-3-8-18(22)14-19/h2-3,5-6,8-11,13-14H,4,7,12H2,1H3,(H,23,24). The first-order valence-corrected chi connectivity index (χ1v) is 10.1. The van der Waals surface area contributed by atoms with Crippen LogP contribution >= 0.6 is 0 Å². The summed E-state index contributed by atoms with van der Waals surface area (Å²) in [5.74, 6) is -0.640. The fourth-order valence-corrected chi connectivity index (χ4v) is 4.35. The summed E-state index contributed by atoms with van der Waals surface area (Å²) in [5, 5.41) is 4.55. The number of sulfone groups is 1. The first-order valence-electron chi connectivity index (χ1n) is 8.65. The molecule has 0 bridgehead atoms. The molecule has 0 aromatic heterocycles. The van der Waals surface area contributed by atoms with Crippen molar-refractivity contribution in [1.82, 2.24) is 5.32 Å². The Morgan fingerprint density at radius 1 is 1.00 bits per heavy atom. The molecule has 0 unspecified atom stereocenters. The Labute approximate surface area is 157 Å². The van der Waals surface area contributed by atoms with Crippen molar-refractivity contribution in [3.63, 3.8) is 0 Å². The molecule has 0 radical (unpaired) electrons. The van der Waals surface area contributed by atoms with Gasteiger partial charge in [-0.1, -0.05) is 30.3 Å². The SMILES string of the molecule is CC(=O)NCCCc1cccc2cc(S(=O)(=O)c3cccc(F)c3)ccc12. The van der Waals surface area contributed by atoms with Gasteiger partial charge in [0.05, 0.1) is 9.79 Å². The first-order chi connectivity index (χ1) is 12.9. The van der Waals surface area contributed by atoms with E-state index in [2.05, 4.69) is 5.32 Å². The molecule has 3 aromatic carbocycles. The van der Waals surface area contributed by atoms with Crippen molar-refractivity contribution in [3.8, 4) is 0 Å². The lowest BCUT2D eigenvalue weighted by Crippen LogP contribution is -2.21. The van der Waals surface area contributed by atoms with Crippen molar-refractivity contribution in [1.29, 1.82) is 0 Å². The van der Waals surface area contributed by atoms with Gasteiger partial charge in [0.25, 0.3) is 0 Å². The average Bonchev–Trinajstić information content (AvgIpc) is 2.64. The summed E-state index contributed by atoms with van der Waals surface area (Å²) in [6.07, 6.45) is 1.57. The lowest BCUT2D eigenvalue weighted by Gasteiger charge is -2.10. The number of hydrogen-bond donors (Lipinski definition) is 1. The highest BCUT2D eigenvalue weighted by Gasteiger charge is 2.18. The maximum absolute atomic E-state index is 13.4. The molecule has 0 aliphatic rings. The van der Waals surface area contributed by atoms with Gasteiger partial charge in [0, 0.05) is 13.5 Å². The molecule has 3 rings (SSSR count). The van der Waals surface area contributed by atoms with Crippen molar-refractivity contribution in [3.05, 3.63) is 72.0 Å². The van der Waals surface area contributed by atoms with Gasteiger partial charge in [-0.2, -0.15) is 0 Å². The molecule has 1 amide bonds. The topological polar surface area (TPSA) is 63.2 Å². The molecule has 0 aliphatic carbocycles. The van der Waals surface area contributed by atoms with Crippen LogP contribution in [-0.2, 0) is 21.1 Å². The number of carbonyl (C=O) groups excluding carboxylic acids is 1. The highest BCUT2D eigenvalue weighted by Crippen LogP contribution is 2.27. The Kier molecular flexibility index (Phi) is 5.56. The second-order valence-corrected chi connectivity index (χ2v) is 8.30. The predicted octanol–water partition coefficient (Wildman–Crippen LogP) is 3.88. The highest BCUT2D eigenvalue weighted by molar-refractivity contribution is 7.91. The number of nitrogens with one attached hydrogen (secondary N) is 1. The number of fused-ring (bicyclic) bond motifs is 1. The minimum absolute atomic E-state index is 0.0554. The van der Waals surface area contributed by atoms with Crippen LogP contribution in [0.3, 0.4) is 0 Å².